The number of rotatable bonds is 13. The van der Waals surface area contributed by atoms with E-state index in [9.17, 15) is 4.79 Å². The van der Waals surface area contributed by atoms with E-state index in [1.807, 2.05) is 0 Å². The summed E-state index contributed by atoms with van der Waals surface area (Å²) in [7, 11) is 0. The smallest absolute Gasteiger partial charge is 0.307 e. The van der Waals surface area contributed by atoms with Crippen molar-refractivity contribution in [2.45, 2.75) is 71.1 Å². The van der Waals surface area contributed by atoms with Crippen LogP contribution in [0, 0.1) is 11.8 Å². The summed E-state index contributed by atoms with van der Waals surface area (Å²) in [4.78, 5) is 10.7. The minimum absolute atomic E-state index is 0.120. The Morgan fingerprint density at radius 2 is 1.59 bits per heavy atom. The number of carboxylic acids is 1. The van der Waals surface area contributed by atoms with Gasteiger partial charge in [-0.15, -0.1) is 0 Å². The van der Waals surface area contributed by atoms with Gasteiger partial charge in [-0.05, 0) is 38.0 Å². The van der Waals surface area contributed by atoms with Crippen LogP contribution in [0.2, 0.25) is 0 Å². The van der Waals surface area contributed by atoms with Gasteiger partial charge in [0.05, 0.1) is 5.92 Å². The highest BCUT2D eigenvalue weighted by atomic mass is 16.4. The van der Waals surface area contributed by atoms with Gasteiger partial charge < -0.3 is 5.11 Å². The summed E-state index contributed by atoms with van der Waals surface area (Å²) in [5.74, 6) is -0.492. The molecule has 2 nitrogen and oxygen atoms in total. The van der Waals surface area contributed by atoms with Gasteiger partial charge in [-0.1, -0.05) is 75.5 Å². The van der Waals surface area contributed by atoms with E-state index in [4.69, 9.17) is 5.11 Å². The predicted molar refractivity (Wildman–Crippen MR) is 93.9 cm³/mol. The summed E-state index contributed by atoms with van der Waals surface area (Å²) in [5.41, 5.74) is 0. The fraction of sp³-hybridized carbons (Fsp3) is 0.650. The molecule has 0 aromatic carbocycles. The van der Waals surface area contributed by atoms with Crippen LogP contribution in [0.15, 0.2) is 36.5 Å². The molecule has 1 saturated carbocycles. The van der Waals surface area contributed by atoms with Crippen molar-refractivity contribution in [3.8, 4) is 0 Å². The van der Waals surface area contributed by atoms with Gasteiger partial charge in [0.15, 0.2) is 0 Å². The molecule has 22 heavy (non-hydrogen) atoms. The molecule has 0 aliphatic heterocycles. The van der Waals surface area contributed by atoms with E-state index in [2.05, 4.69) is 43.4 Å². The Bertz CT molecular complexity index is 379. The van der Waals surface area contributed by atoms with Crippen molar-refractivity contribution in [3.05, 3.63) is 36.5 Å². The van der Waals surface area contributed by atoms with Gasteiger partial charge in [0, 0.05) is 0 Å². The summed E-state index contributed by atoms with van der Waals surface area (Å²) >= 11 is 0. The Labute approximate surface area is 136 Å². The third-order valence-electron chi connectivity index (χ3n) is 4.14. The number of hydrogen-bond donors (Lipinski definition) is 1. The van der Waals surface area contributed by atoms with Gasteiger partial charge in [-0.3, -0.25) is 4.79 Å². The summed E-state index contributed by atoms with van der Waals surface area (Å²) in [6.07, 6.45) is 25.1. The van der Waals surface area contributed by atoms with E-state index >= 15 is 0 Å². The average molecular weight is 304 g/mol. The number of carbonyl (C=O) groups is 1. The zero-order chi connectivity index (χ0) is 16.0. The normalized spacial score (nSPS) is 21.3. The number of carboxylic acid groups (broad SMARTS) is 1. The van der Waals surface area contributed by atoms with E-state index in [1.54, 1.807) is 0 Å². The van der Waals surface area contributed by atoms with Crippen molar-refractivity contribution in [2.75, 3.05) is 0 Å². The zero-order valence-electron chi connectivity index (χ0n) is 14.0. The van der Waals surface area contributed by atoms with Crippen molar-refractivity contribution < 1.29 is 9.90 Å². The summed E-state index contributed by atoms with van der Waals surface area (Å²) in [6.45, 7) is 2.25. The maximum absolute atomic E-state index is 10.7. The van der Waals surface area contributed by atoms with Crippen molar-refractivity contribution in [2.24, 2.45) is 11.8 Å². The summed E-state index contributed by atoms with van der Waals surface area (Å²) in [6, 6.07) is 0. The van der Waals surface area contributed by atoms with Gasteiger partial charge in [0.25, 0.3) is 0 Å². The molecule has 0 aromatic rings. The monoisotopic (exact) mass is 304 g/mol. The molecule has 0 radical (unpaired) electrons. The van der Waals surface area contributed by atoms with Crippen LogP contribution in [0.25, 0.3) is 0 Å². The third-order valence-corrected chi connectivity index (χ3v) is 4.14. The van der Waals surface area contributed by atoms with Crippen LogP contribution < -0.4 is 0 Å². The summed E-state index contributed by atoms with van der Waals surface area (Å²) < 4.78 is 0. The first-order chi connectivity index (χ1) is 10.8. The highest BCUT2D eigenvalue weighted by Crippen LogP contribution is 2.39. The second-order valence-corrected chi connectivity index (χ2v) is 6.24. The van der Waals surface area contributed by atoms with Crippen LogP contribution in [0.3, 0.4) is 0 Å². The Balaban J connectivity index is 1.88. The molecular formula is C20H32O2. The van der Waals surface area contributed by atoms with E-state index in [1.165, 1.54) is 44.9 Å². The first-order valence-electron chi connectivity index (χ1n) is 8.95. The van der Waals surface area contributed by atoms with Gasteiger partial charge >= 0.3 is 5.97 Å². The van der Waals surface area contributed by atoms with E-state index < -0.39 is 5.97 Å². The van der Waals surface area contributed by atoms with Crippen molar-refractivity contribution >= 4 is 5.97 Å². The molecule has 0 heterocycles. The molecule has 1 aliphatic rings. The van der Waals surface area contributed by atoms with E-state index in [0.717, 1.165) is 19.3 Å². The number of allylic oxidation sites excluding steroid dienone is 6. The number of hydrogen-bond acceptors (Lipinski definition) is 1. The Kier molecular flexibility index (Phi) is 10.4. The molecule has 2 heteroatoms. The molecule has 2 atom stereocenters. The number of unbranched alkanes of at least 4 members (excludes halogenated alkanes) is 6. The standard InChI is InChI=1S/C20H32O2/c1-2-3-4-5-6-7-8-9-10-11-12-13-14-15-16-18-17-19(18)20(21)22/h9-10,12-13,15-16,18-19H,2-8,11,14,17H2,1H3,(H,21,22)/b10-9-,13-12-,16-15-/t18-,19+/m0/s1. The lowest BCUT2D eigenvalue weighted by molar-refractivity contribution is -0.138. The minimum atomic E-state index is -0.652. The minimum Gasteiger partial charge on any atom is -0.481 e. The molecule has 0 aromatic heterocycles. The first kappa shape index (κ1) is 18.7. The van der Waals surface area contributed by atoms with Crippen LogP contribution in [0.4, 0.5) is 0 Å². The Morgan fingerprint density at radius 1 is 0.955 bits per heavy atom. The molecule has 124 valence electrons. The predicted octanol–water partition coefficient (Wildman–Crippen LogP) is 5.91. The Morgan fingerprint density at radius 3 is 2.27 bits per heavy atom. The zero-order valence-corrected chi connectivity index (χ0v) is 14.0. The second kappa shape index (κ2) is 12.3. The van der Waals surface area contributed by atoms with Gasteiger partial charge in [-0.2, -0.15) is 0 Å². The number of aliphatic carboxylic acids is 1. The average Bonchev–Trinajstić information content (AvgIpc) is 3.27. The highest BCUT2D eigenvalue weighted by Gasteiger charge is 2.40. The fourth-order valence-electron chi connectivity index (χ4n) is 2.57. The van der Waals surface area contributed by atoms with Crippen LogP contribution in [0.1, 0.15) is 71.1 Å². The van der Waals surface area contributed by atoms with Crippen LogP contribution >= 0.6 is 0 Å². The second-order valence-electron chi connectivity index (χ2n) is 6.24. The van der Waals surface area contributed by atoms with Gasteiger partial charge in [-0.25, -0.2) is 0 Å². The van der Waals surface area contributed by atoms with Gasteiger partial charge in [0.2, 0.25) is 0 Å². The quantitative estimate of drug-likeness (QED) is 0.339. The lowest BCUT2D eigenvalue weighted by atomic mass is 10.1. The maximum Gasteiger partial charge on any atom is 0.307 e. The largest absolute Gasteiger partial charge is 0.481 e. The van der Waals surface area contributed by atoms with Gasteiger partial charge in [0.1, 0.15) is 0 Å². The fourth-order valence-corrected chi connectivity index (χ4v) is 2.57. The molecule has 0 amide bonds. The molecule has 0 bridgehead atoms. The molecule has 1 aliphatic carbocycles. The SMILES string of the molecule is CCCCCCCC/C=C\C/C=C\C/C=C\[C@H]1C[C@H]1C(=O)O. The van der Waals surface area contributed by atoms with Crippen molar-refractivity contribution in [1.29, 1.82) is 0 Å². The maximum atomic E-state index is 10.7. The molecule has 0 unspecified atom stereocenters. The van der Waals surface area contributed by atoms with Crippen molar-refractivity contribution in [3.63, 3.8) is 0 Å². The lowest BCUT2D eigenvalue weighted by Crippen LogP contribution is -1.97. The van der Waals surface area contributed by atoms with Crippen LogP contribution in [-0.2, 0) is 4.79 Å². The molecule has 1 N–H and O–H groups in total. The highest BCUT2D eigenvalue weighted by molar-refractivity contribution is 5.73. The molecule has 1 fully saturated rings. The molecule has 1 rings (SSSR count). The molecule has 0 saturated heterocycles. The summed E-state index contributed by atoms with van der Waals surface area (Å²) in [5, 5.41) is 8.78. The van der Waals surface area contributed by atoms with Crippen molar-refractivity contribution in [1.82, 2.24) is 0 Å². The van der Waals surface area contributed by atoms with Crippen LogP contribution in [0.5, 0.6) is 0 Å². The molecule has 0 spiro atoms. The van der Waals surface area contributed by atoms with E-state index in [-0.39, 0.29) is 11.8 Å². The first-order valence-corrected chi connectivity index (χ1v) is 8.95. The lowest BCUT2D eigenvalue weighted by Gasteiger charge is -1.97. The Hall–Kier alpha value is -1.31. The topological polar surface area (TPSA) is 37.3 Å². The van der Waals surface area contributed by atoms with Crippen LogP contribution in [-0.4, -0.2) is 11.1 Å². The van der Waals surface area contributed by atoms with E-state index in [0.29, 0.717) is 0 Å². The molecular weight excluding hydrogens is 272 g/mol. The third kappa shape index (κ3) is 9.59.